The van der Waals surface area contributed by atoms with Crippen molar-refractivity contribution in [2.45, 2.75) is 6.42 Å². The Morgan fingerprint density at radius 3 is 2.85 bits per heavy atom. The molecule has 27 heavy (non-hydrogen) atoms. The highest BCUT2D eigenvalue weighted by atomic mass is 19.1. The Hall–Kier alpha value is -3.10. The number of nitrogens with one attached hydrogen (secondary N) is 1. The third-order valence-corrected chi connectivity index (χ3v) is 4.32. The SMILES string of the molecule is COc1cc(-c2onc(N(C)C)c2C(=O)N2CCNC(=O)CC2)ccc1F. The molecule has 1 N–H and O–H groups in total. The number of hydrogen-bond acceptors (Lipinski definition) is 6. The lowest BCUT2D eigenvalue weighted by Crippen LogP contribution is -2.35. The molecule has 2 heterocycles. The average molecular weight is 376 g/mol. The molecule has 2 aromatic rings. The first-order valence-corrected chi connectivity index (χ1v) is 8.49. The largest absolute Gasteiger partial charge is 0.494 e. The van der Waals surface area contributed by atoms with E-state index in [0.717, 1.165) is 0 Å². The normalized spacial score (nSPS) is 14.5. The molecule has 8 nitrogen and oxygen atoms in total. The van der Waals surface area contributed by atoms with E-state index in [2.05, 4.69) is 10.5 Å². The Morgan fingerprint density at radius 1 is 1.37 bits per heavy atom. The molecule has 1 aromatic heterocycles. The maximum atomic E-state index is 13.8. The number of aromatic nitrogens is 1. The summed E-state index contributed by atoms with van der Waals surface area (Å²) in [5, 5.41) is 6.75. The lowest BCUT2D eigenvalue weighted by molar-refractivity contribution is -0.120. The number of benzene rings is 1. The van der Waals surface area contributed by atoms with Crippen molar-refractivity contribution in [3.8, 4) is 17.1 Å². The number of anilines is 1. The molecule has 0 aliphatic carbocycles. The molecule has 144 valence electrons. The van der Waals surface area contributed by atoms with Crippen LogP contribution >= 0.6 is 0 Å². The fourth-order valence-corrected chi connectivity index (χ4v) is 2.91. The summed E-state index contributed by atoms with van der Waals surface area (Å²) in [5.74, 6) is -0.272. The van der Waals surface area contributed by atoms with Crippen molar-refractivity contribution >= 4 is 17.6 Å². The maximum absolute atomic E-state index is 13.8. The third-order valence-electron chi connectivity index (χ3n) is 4.32. The molecule has 0 bridgehead atoms. The quantitative estimate of drug-likeness (QED) is 0.871. The van der Waals surface area contributed by atoms with Crippen molar-refractivity contribution in [3.63, 3.8) is 0 Å². The Balaban J connectivity index is 2.04. The average Bonchev–Trinajstić information content (AvgIpc) is 2.98. The number of rotatable bonds is 4. The van der Waals surface area contributed by atoms with Crippen LogP contribution < -0.4 is 15.0 Å². The van der Waals surface area contributed by atoms with Gasteiger partial charge in [-0.25, -0.2) is 4.39 Å². The molecule has 1 fully saturated rings. The number of nitrogens with zero attached hydrogens (tertiary/aromatic N) is 3. The summed E-state index contributed by atoms with van der Waals surface area (Å²) in [6, 6.07) is 4.20. The van der Waals surface area contributed by atoms with Crippen LogP contribution in [0.15, 0.2) is 22.7 Å². The van der Waals surface area contributed by atoms with E-state index in [-0.39, 0.29) is 35.3 Å². The second kappa shape index (κ2) is 7.65. The van der Waals surface area contributed by atoms with Gasteiger partial charge < -0.3 is 24.4 Å². The third kappa shape index (κ3) is 3.71. The van der Waals surface area contributed by atoms with Crippen molar-refractivity contribution in [2.24, 2.45) is 0 Å². The monoisotopic (exact) mass is 376 g/mol. The smallest absolute Gasteiger partial charge is 0.261 e. The van der Waals surface area contributed by atoms with Crippen molar-refractivity contribution in [3.05, 3.63) is 29.6 Å². The van der Waals surface area contributed by atoms with Crippen LogP contribution in [0.2, 0.25) is 0 Å². The summed E-state index contributed by atoms with van der Waals surface area (Å²) in [6.45, 7) is 1.07. The fourth-order valence-electron chi connectivity index (χ4n) is 2.91. The van der Waals surface area contributed by atoms with E-state index in [9.17, 15) is 14.0 Å². The minimum atomic E-state index is -0.515. The van der Waals surface area contributed by atoms with Crippen LogP contribution in [-0.2, 0) is 4.79 Å². The van der Waals surface area contributed by atoms with Crippen LogP contribution in [0, 0.1) is 5.82 Å². The molecule has 0 radical (unpaired) electrons. The predicted molar refractivity (Wildman–Crippen MR) is 96.3 cm³/mol. The molecule has 0 spiro atoms. The van der Waals surface area contributed by atoms with Crippen LogP contribution in [0.4, 0.5) is 10.2 Å². The molecule has 2 amide bonds. The van der Waals surface area contributed by atoms with E-state index in [1.807, 2.05) is 0 Å². The topological polar surface area (TPSA) is 87.9 Å². The zero-order valence-corrected chi connectivity index (χ0v) is 15.4. The van der Waals surface area contributed by atoms with E-state index in [1.165, 1.54) is 25.3 Å². The van der Waals surface area contributed by atoms with Gasteiger partial charge in [-0.15, -0.1) is 0 Å². The summed E-state index contributed by atoms with van der Waals surface area (Å²) in [7, 11) is 4.86. The minimum Gasteiger partial charge on any atom is -0.494 e. The van der Waals surface area contributed by atoms with Crippen LogP contribution in [0.1, 0.15) is 16.8 Å². The van der Waals surface area contributed by atoms with Crippen molar-refractivity contribution in [1.29, 1.82) is 0 Å². The Bertz CT molecular complexity index is 865. The molecule has 1 aliphatic heterocycles. The highest BCUT2D eigenvalue weighted by Gasteiger charge is 2.30. The summed E-state index contributed by atoms with van der Waals surface area (Å²) in [6.07, 6.45) is 0.230. The first kappa shape index (κ1) is 18.7. The molecular weight excluding hydrogens is 355 g/mol. The molecule has 0 atom stereocenters. The van der Waals surface area contributed by atoms with Gasteiger partial charge in [-0.2, -0.15) is 0 Å². The van der Waals surface area contributed by atoms with Crippen LogP contribution in [0.3, 0.4) is 0 Å². The number of halogens is 1. The van der Waals surface area contributed by atoms with E-state index in [4.69, 9.17) is 9.26 Å². The van der Waals surface area contributed by atoms with Crippen LogP contribution in [-0.4, -0.2) is 62.7 Å². The number of ether oxygens (including phenoxy) is 1. The highest BCUT2D eigenvalue weighted by Crippen LogP contribution is 2.34. The van der Waals surface area contributed by atoms with Gasteiger partial charge in [0.2, 0.25) is 5.91 Å². The lowest BCUT2D eigenvalue weighted by Gasteiger charge is -2.21. The highest BCUT2D eigenvalue weighted by molar-refractivity contribution is 6.04. The van der Waals surface area contributed by atoms with Crippen LogP contribution in [0.5, 0.6) is 5.75 Å². The first-order chi connectivity index (χ1) is 12.9. The second-order valence-electron chi connectivity index (χ2n) is 6.35. The molecule has 0 unspecified atom stereocenters. The summed E-state index contributed by atoms with van der Waals surface area (Å²) in [4.78, 5) is 28.0. The fraction of sp³-hybridized carbons (Fsp3) is 0.389. The van der Waals surface area contributed by atoms with Crippen molar-refractivity contribution in [2.75, 3.05) is 45.7 Å². The Labute approximate surface area is 155 Å². The zero-order chi connectivity index (χ0) is 19.6. The standard InChI is InChI=1S/C18H21FN4O4/c1-22(2)17-15(18(25)23-8-6-14(24)20-7-9-23)16(27-21-17)11-4-5-12(19)13(10-11)26-3/h4-5,10H,6-9H2,1-3H3,(H,20,24). The molecule has 9 heteroatoms. The molecule has 1 saturated heterocycles. The van der Waals surface area contributed by atoms with Crippen molar-refractivity contribution < 1.29 is 23.2 Å². The van der Waals surface area contributed by atoms with Gasteiger partial charge in [-0.05, 0) is 18.2 Å². The van der Waals surface area contributed by atoms with Gasteiger partial charge in [0.25, 0.3) is 5.91 Å². The number of amides is 2. The van der Waals surface area contributed by atoms with Gasteiger partial charge in [0.15, 0.2) is 23.1 Å². The van der Waals surface area contributed by atoms with Gasteiger partial charge in [0.1, 0.15) is 5.56 Å². The van der Waals surface area contributed by atoms with Gasteiger partial charge in [-0.1, -0.05) is 5.16 Å². The van der Waals surface area contributed by atoms with Crippen LogP contribution in [0.25, 0.3) is 11.3 Å². The van der Waals surface area contributed by atoms with E-state index >= 15 is 0 Å². The van der Waals surface area contributed by atoms with Gasteiger partial charge in [0.05, 0.1) is 7.11 Å². The molecule has 1 aliphatic rings. The Kier molecular flexibility index (Phi) is 5.29. The summed E-state index contributed by atoms with van der Waals surface area (Å²) >= 11 is 0. The van der Waals surface area contributed by atoms with Gasteiger partial charge >= 0.3 is 0 Å². The zero-order valence-electron chi connectivity index (χ0n) is 15.4. The lowest BCUT2D eigenvalue weighted by atomic mass is 10.1. The molecule has 1 aromatic carbocycles. The first-order valence-electron chi connectivity index (χ1n) is 8.49. The Morgan fingerprint density at radius 2 is 2.15 bits per heavy atom. The number of hydrogen-bond donors (Lipinski definition) is 1. The van der Waals surface area contributed by atoms with E-state index in [0.29, 0.717) is 31.0 Å². The number of carbonyl (C=O) groups is 2. The number of carbonyl (C=O) groups excluding carboxylic acids is 2. The van der Waals surface area contributed by atoms with E-state index < -0.39 is 5.82 Å². The number of methoxy groups -OCH3 is 1. The minimum absolute atomic E-state index is 0.0401. The molecule has 0 saturated carbocycles. The van der Waals surface area contributed by atoms with Gasteiger partial charge in [-0.3, -0.25) is 9.59 Å². The predicted octanol–water partition coefficient (Wildman–Crippen LogP) is 1.52. The second-order valence-corrected chi connectivity index (χ2v) is 6.35. The summed E-state index contributed by atoms with van der Waals surface area (Å²) in [5.41, 5.74) is 0.740. The van der Waals surface area contributed by atoms with Crippen molar-refractivity contribution in [1.82, 2.24) is 15.4 Å². The maximum Gasteiger partial charge on any atom is 0.261 e. The molecule has 3 rings (SSSR count). The van der Waals surface area contributed by atoms with Gasteiger partial charge in [0, 0.05) is 45.7 Å². The summed E-state index contributed by atoms with van der Waals surface area (Å²) < 4.78 is 24.2. The molecular formula is C18H21FN4O4. The van der Waals surface area contributed by atoms with E-state index in [1.54, 1.807) is 23.9 Å².